The minimum atomic E-state index is -0.846. The van der Waals surface area contributed by atoms with Gasteiger partial charge < -0.3 is 28.8 Å². The number of carboxylic acid groups (broad SMARTS) is 1. The van der Waals surface area contributed by atoms with Gasteiger partial charge in [0.15, 0.2) is 0 Å². The van der Waals surface area contributed by atoms with Crippen molar-refractivity contribution >= 4 is 11.9 Å². The van der Waals surface area contributed by atoms with Crippen molar-refractivity contribution < 1.29 is 62.0 Å². The number of aryl methyl sites for hydroxylation is 2. The Kier molecular flexibility index (Phi) is 17.4. The van der Waals surface area contributed by atoms with Crippen LogP contribution >= 0.6 is 0 Å². The number of carbonyl (C=O) groups is 2. The Balaban J connectivity index is 0.000000209. The SMILES string of the molecule is COC(=O)C[C@@H](c1ccc(O)cc1)c1nccn1C.Cn1ccnc1[C@@H](CC(=O)O)c1ccc(OCc2ccc3c(c2)C(C)(C)CCC3(C)C)cc1.[CH2-]c1ccc2c(c1)C(C)(C)CCC2(C)C.[Y]. The van der Waals surface area contributed by atoms with Crippen LogP contribution < -0.4 is 4.74 Å². The summed E-state index contributed by atoms with van der Waals surface area (Å²) in [4.78, 5) is 31.7. The van der Waals surface area contributed by atoms with Crippen molar-refractivity contribution in [2.45, 2.75) is 134 Å². The van der Waals surface area contributed by atoms with Crippen molar-refractivity contribution in [1.82, 2.24) is 19.1 Å². The van der Waals surface area contributed by atoms with Crippen molar-refractivity contribution in [1.29, 1.82) is 0 Å². The van der Waals surface area contributed by atoms with E-state index >= 15 is 0 Å². The van der Waals surface area contributed by atoms with Gasteiger partial charge in [0.25, 0.3) is 0 Å². The number of nitrogens with zero attached hydrogens (tertiary/aromatic N) is 4. The molecule has 2 aromatic heterocycles. The minimum Gasteiger partial charge on any atom is -0.508 e. The second-order valence-corrected chi connectivity index (χ2v) is 21.0. The van der Waals surface area contributed by atoms with Crippen LogP contribution in [0.25, 0.3) is 0 Å². The normalized spacial score (nSPS) is 16.6. The van der Waals surface area contributed by atoms with Gasteiger partial charge in [0.2, 0.25) is 0 Å². The fraction of sp³-hybridized carbons (Fsp3) is 0.421. The van der Waals surface area contributed by atoms with E-state index in [0.717, 1.165) is 34.1 Å². The number of methoxy groups -OCH3 is 1. The summed E-state index contributed by atoms with van der Waals surface area (Å²) < 4.78 is 14.6. The van der Waals surface area contributed by atoms with E-state index < -0.39 is 5.97 Å². The van der Waals surface area contributed by atoms with E-state index in [2.05, 4.69) is 109 Å². The number of aliphatic carboxylic acids is 1. The molecule has 4 aromatic carbocycles. The molecule has 2 N–H and O–H groups in total. The van der Waals surface area contributed by atoms with Gasteiger partial charge in [0.05, 0.1) is 31.8 Å². The summed E-state index contributed by atoms with van der Waals surface area (Å²) in [6.07, 6.45) is 12.2. The number of carboxylic acids is 1. The van der Waals surface area contributed by atoms with Gasteiger partial charge in [-0.1, -0.05) is 109 Å². The minimum absolute atomic E-state index is 0. The zero-order valence-electron chi connectivity index (χ0n) is 42.1. The maximum absolute atomic E-state index is 11.6. The first kappa shape index (κ1) is 53.8. The van der Waals surface area contributed by atoms with Gasteiger partial charge in [0.1, 0.15) is 29.8 Å². The third-order valence-corrected chi connectivity index (χ3v) is 14.1. The predicted octanol–water partition coefficient (Wildman–Crippen LogP) is 12.0. The van der Waals surface area contributed by atoms with Gasteiger partial charge >= 0.3 is 11.9 Å². The third kappa shape index (κ3) is 12.9. The summed E-state index contributed by atoms with van der Waals surface area (Å²) in [5.74, 6) is 0.867. The molecule has 68 heavy (non-hydrogen) atoms. The number of phenolic OH excluding ortho intramolecular Hbond substituents is 1. The molecule has 1 radical (unpaired) electrons. The molecule has 359 valence electrons. The van der Waals surface area contributed by atoms with Crippen LogP contribution in [-0.2, 0) is 89.4 Å². The number of aromatic nitrogens is 4. The van der Waals surface area contributed by atoms with Crippen LogP contribution in [0.3, 0.4) is 0 Å². The van der Waals surface area contributed by atoms with Crippen LogP contribution in [0.1, 0.15) is 162 Å². The number of phenols is 1. The van der Waals surface area contributed by atoms with Crippen LogP contribution in [0.4, 0.5) is 0 Å². The number of rotatable bonds is 11. The van der Waals surface area contributed by atoms with E-state index in [4.69, 9.17) is 9.47 Å². The molecule has 2 heterocycles. The number of hydrogen-bond donors (Lipinski definition) is 2. The van der Waals surface area contributed by atoms with Crippen molar-refractivity contribution in [3.05, 3.63) is 173 Å². The average molecular weight is 997 g/mol. The topological polar surface area (TPSA) is 129 Å². The number of ether oxygens (including phenoxy) is 2. The molecular weight excluding hydrogens is 926 g/mol. The van der Waals surface area contributed by atoms with Crippen LogP contribution in [-0.4, -0.2) is 48.4 Å². The van der Waals surface area contributed by atoms with Gasteiger partial charge in [-0.05, 0) is 99.4 Å². The van der Waals surface area contributed by atoms with Crippen molar-refractivity contribution in [2.75, 3.05) is 7.11 Å². The Morgan fingerprint density at radius 3 is 1.54 bits per heavy atom. The maximum atomic E-state index is 11.6. The van der Waals surface area contributed by atoms with E-state index in [1.165, 1.54) is 60.6 Å². The zero-order chi connectivity index (χ0) is 48.9. The van der Waals surface area contributed by atoms with Crippen LogP contribution in [0.2, 0.25) is 0 Å². The number of hydrogen-bond acceptors (Lipinski definition) is 7. The molecule has 0 aliphatic heterocycles. The summed E-state index contributed by atoms with van der Waals surface area (Å²) in [5, 5.41) is 18.7. The summed E-state index contributed by atoms with van der Waals surface area (Å²) in [6.45, 7) is 23.3. The van der Waals surface area contributed by atoms with Crippen LogP contribution in [0.5, 0.6) is 11.5 Å². The third-order valence-electron chi connectivity index (χ3n) is 14.1. The number of imidazole rings is 2. The Hall–Kier alpha value is -5.19. The second kappa shape index (κ2) is 22.1. The number of fused-ring (bicyclic) bond motifs is 2. The monoisotopic (exact) mass is 996 g/mol. The molecular formula is C57H71N4O6Y-. The molecule has 0 unspecified atom stereocenters. The molecule has 2 aliphatic carbocycles. The molecule has 0 saturated carbocycles. The molecule has 0 amide bonds. The van der Waals surface area contributed by atoms with E-state index in [-0.39, 0.29) is 79.9 Å². The van der Waals surface area contributed by atoms with Crippen LogP contribution in [0, 0.1) is 6.92 Å². The molecule has 2 aliphatic rings. The first-order valence-corrected chi connectivity index (χ1v) is 23.4. The summed E-state index contributed by atoms with van der Waals surface area (Å²) >= 11 is 0. The fourth-order valence-electron chi connectivity index (χ4n) is 9.60. The molecule has 6 aromatic rings. The predicted molar refractivity (Wildman–Crippen MR) is 266 cm³/mol. The molecule has 0 saturated heterocycles. The summed E-state index contributed by atoms with van der Waals surface area (Å²) in [7, 11) is 5.14. The van der Waals surface area contributed by atoms with E-state index in [1.807, 2.05) is 59.9 Å². The van der Waals surface area contributed by atoms with E-state index in [0.29, 0.717) is 17.4 Å². The molecule has 0 fully saturated rings. The first-order valence-electron chi connectivity index (χ1n) is 23.4. The molecule has 8 rings (SSSR count). The van der Waals surface area contributed by atoms with Crippen molar-refractivity contribution in [3.63, 3.8) is 0 Å². The van der Waals surface area contributed by atoms with Gasteiger partial charge in [-0.3, -0.25) is 9.59 Å². The van der Waals surface area contributed by atoms with Crippen molar-refractivity contribution in [3.8, 4) is 11.5 Å². The van der Waals surface area contributed by atoms with Gasteiger partial charge in [-0.25, -0.2) is 9.97 Å². The van der Waals surface area contributed by atoms with Gasteiger partial charge in [-0.15, -0.1) is 6.07 Å². The van der Waals surface area contributed by atoms with Gasteiger partial charge in [-0.2, -0.15) is 24.6 Å². The molecule has 2 atom stereocenters. The number of esters is 1. The number of benzene rings is 4. The quantitative estimate of drug-likeness (QED) is 0.0970. The number of carbonyl (C=O) groups excluding carboxylic acids is 1. The van der Waals surface area contributed by atoms with E-state index in [1.54, 1.807) is 36.7 Å². The maximum Gasteiger partial charge on any atom is 0.306 e. The average Bonchev–Trinajstić information content (AvgIpc) is 3.92. The van der Waals surface area contributed by atoms with Crippen LogP contribution in [0.15, 0.2) is 110 Å². The Morgan fingerprint density at radius 1 is 0.647 bits per heavy atom. The second-order valence-electron chi connectivity index (χ2n) is 21.0. The fourth-order valence-corrected chi connectivity index (χ4v) is 9.60. The zero-order valence-corrected chi connectivity index (χ0v) is 44.9. The largest absolute Gasteiger partial charge is 0.508 e. The molecule has 0 spiro atoms. The molecule has 10 nitrogen and oxygen atoms in total. The molecule has 11 heteroatoms. The Bertz CT molecular complexity index is 2640. The number of aromatic hydroxyl groups is 1. The van der Waals surface area contributed by atoms with Crippen molar-refractivity contribution in [2.24, 2.45) is 14.1 Å². The Labute approximate surface area is 429 Å². The first-order chi connectivity index (χ1) is 31.5. The standard InChI is InChI=1S/C28H34N2O3.C15H21.C14H16N2O3.Y/c1-27(2)12-13-28(3,4)24-16-19(6-11-23(24)27)18-33-21-9-7-20(8-10-21)22(17-25(31)32)26-29-14-15-30(26)5;1-11-6-7-12-13(10-11)15(4,5)9-8-14(12,2)3;1-16-8-7-15-14(16)12(9-13(18)19-2)10-3-5-11(17)6-4-10;/h6-11,14-16,22H,12-13,17-18H2,1-5H3,(H,31,32);6-7,10H,1,8-9H2,2-5H3;3-8,12,17H,9H2,1-2H3;/q;-1;;/t22-;;12-;/m0.0./s1. The molecule has 0 bridgehead atoms. The summed E-state index contributed by atoms with van der Waals surface area (Å²) in [6, 6.07) is 28.0. The summed E-state index contributed by atoms with van der Waals surface area (Å²) in [5.41, 5.74) is 11.1. The van der Waals surface area contributed by atoms with E-state index in [9.17, 15) is 19.8 Å². The van der Waals surface area contributed by atoms with Gasteiger partial charge in [0, 0.05) is 71.6 Å². The smallest absolute Gasteiger partial charge is 0.306 e. The Morgan fingerprint density at radius 2 is 1.09 bits per heavy atom.